The molecule has 2 fully saturated rings. The molecule has 2 aliphatic rings. The molecule has 0 spiro atoms. The molecule has 50 heavy (non-hydrogen) atoms. The van der Waals surface area contributed by atoms with E-state index in [0.717, 1.165) is 69.3 Å². The average molecular weight is 682 g/mol. The number of hydrogen-bond donors (Lipinski definition) is 6. The predicted octanol–water partition coefficient (Wildman–Crippen LogP) is 5.30. The number of nitrogens with zero attached hydrogens (tertiary/aromatic N) is 1. The zero-order chi connectivity index (χ0) is 34.9. The quantitative estimate of drug-likeness (QED) is 0.118. The van der Waals surface area contributed by atoms with Crippen molar-refractivity contribution in [3.63, 3.8) is 0 Å². The minimum atomic E-state index is -0.786. The zero-order valence-corrected chi connectivity index (χ0v) is 28.3. The summed E-state index contributed by atoms with van der Waals surface area (Å²) in [6, 6.07) is 24.0. The number of benzene rings is 3. The van der Waals surface area contributed by atoms with E-state index in [9.17, 15) is 24.6 Å². The highest BCUT2D eigenvalue weighted by Crippen LogP contribution is 2.30. The summed E-state index contributed by atoms with van der Waals surface area (Å²) < 4.78 is 5.76. The second kappa shape index (κ2) is 16.8. The molecule has 4 aromatic rings. The van der Waals surface area contributed by atoms with Crippen LogP contribution in [0.15, 0.2) is 83.7 Å². The van der Waals surface area contributed by atoms with E-state index < -0.39 is 12.2 Å². The van der Waals surface area contributed by atoms with Crippen LogP contribution in [0.25, 0.3) is 22.0 Å². The van der Waals surface area contributed by atoms with Crippen LogP contribution in [0.3, 0.4) is 0 Å². The summed E-state index contributed by atoms with van der Waals surface area (Å²) in [6.45, 7) is 3.37. The number of hydrogen-bond acceptors (Lipinski definition) is 8. The number of ether oxygens (including phenoxy) is 1. The fraction of sp³-hybridized carbons (Fsp3) is 0.410. The van der Waals surface area contributed by atoms with Crippen LogP contribution in [-0.2, 0) is 9.53 Å². The van der Waals surface area contributed by atoms with Gasteiger partial charge in [0.1, 0.15) is 11.9 Å². The van der Waals surface area contributed by atoms with Gasteiger partial charge in [-0.15, -0.1) is 0 Å². The molecule has 0 bridgehead atoms. The van der Waals surface area contributed by atoms with Crippen LogP contribution in [0.2, 0.25) is 0 Å². The molecular weight excluding hydrogens is 634 g/mol. The monoisotopic (exact) mass is 681 g/mol. The van der Waals surface area contributed by atoms with E-state index in [0.29, 0.717) is 47.6 Å². The highest BCUT2D eigenvalue weighted by Gasteiger charge is 2.25. The first kappa shape index (κ1) is 35.1. The third-order valence-corrected chi connectivity index (χ3v) is 9.96. The molecule has 1 aromatic heterocycles. The van der Waals surface area contributed by atoms with Gasteiger partial charge in [-0.05, 0) is 80.3 Å². The van der Waals surface area contributed by atoms with E-state index in [-0.39, 0.29) is 29.4 Å². The second-order valence-electron chi connectivity index (χ2n) is 13.5. The number of aromatic nitrogens is 1. The van der Waals surface area contributed by atoms with Gasteiger partial charge in [-0.2, -0.15) is 0 Å². The number of anilines is 1. The smallest absolute Gasteiger partial charge is 0.411 e. The van der Waals surface area contributed by atoms with E-state index in [4.69, 9.17) is 4.74 Å². The van der Waals surface area contributed by atoms with Crippen molar-refractivity contribution in [3.8, 4) is 16.9 Å². The van der Waals surface area contributed by atoms with Crippen LogP contribution in [0.1, 0.15) is 56.6 Å². The molecule has 1 aliphatic carbocycles. The Bertz CT molecular complexity index is 1800. The van der Waals surface area contributed by atoms with Crippen molar-refractivity contribution >= 4 is 28.6 Å². The van der Waals surface area contributed by atoms with Gasteiger partial charge in [0.15, 0.2) is 0 Å². The minimum absolute atomic E-state index is 0.0270. The number of H-pyrrole nitrogens is 1. The number of amides is 2. The lowest BCUT2D eigenvalue weighted by molar-refractivity contribution is -0.122. The molecule has 1 saturated carbocycles. The Morgan fingerprint density at radius 1 is 0.900 bits per heavy atom. The first-order valence-electron chi connectivity index (χ1n) is 17.7. The molecule has 264 valence electrons. The van der Waals surface area contributed by atoms with Crippen molar-refractivity contribution in [1.29, 1.82) is 0 Å². The standard InChI is InChI=1S/C39H47N5O6/c45-34-16-14-31(32-15-17-36(47)43-38(32)34)35(46)25-40-24-26-10-12-28(13-11-26)41-37(48)20-23-44-21-18-29(19-22-44)50-39(49)42-33-9-5-4-8-30(33)27-6-2-1-3-7-27/h1-9,14-17,26,28-29,35,40,45-46H,10-13,18-25H2,(H,41,48)(H,42,49)(H,43,47). The number of pyridine rings is 1. The molecule has 6 N–H and O–H groups in total. The Kier molecular flexibility index (Phi) is 11.8. The topological polar surface area (TPSA) is 156 Å². The maximum Gasteiger partial charge on any atom is 0.411 e. The van der Waals surface area contributed by atoms with Gasteiger partial charge >= 0.3 is 6.09 Å². The van der Waals surface area contributed by atoms with E-state index >= 15 is 0 Å². The molecular formula is C39H47N5O6. The molecule has 2 heterocycles. The van der Waals surface area contributed by atoms with Crippen LogP contribution >= 0.6 is 0 Å². The summed E-state index contributed by atoms with van der Waals surface area (Å²) in [5, 5.41) is 31.1. The van der Waals surface area contributed by atoms with Crippen molar-refractivity contribution in [2.24, 2.45) is 5.92 Å². The van der Waals surface area contributed by atoms with E-state index in [1.807, 2.05) is 54.6 Å². The third kappa shape index (κ3) is 9.29. The molecule has 6 rings (SSSR count). The Morgan fingerprint density at radius 2 is 1.64 bits per heavy atom. The Morgan fingerprint density at radius 3 is 2.42 bits per heavy atom. The van der Waals surface area contributed by atoms with Crippen LogP contribution in [-0.4, -0.2) is 77.0 Å². The predicted molar refractivity (Wildman–Crippen MR) is 194 cm³/mol. The maximum absolute atomic E-state index is 12.8. The van der Waals surface area contributed by atoms with Gasteiger partial charge in [0.25, 0.3) is 0 Å². The Labute approximate surface area is 292 Å². The van der Waals surface area contributed by atoms with Gasteiger partial charge in [0.05, 0.1) is 17.3 Å². The lowest BCUT2D eigenvalue weighted by Gasteiger charge is -2.32. The number of piperidine rings is 1. The fourth-order valence-electron chi connectivity index (χ4n) is 7.16. The van der Waals surface area contributed by atoms with Crippen molar-refractivity contribution in [2.45, 2.75) is 63.2 Å². The fourth-order valence-corrected chi connectivity index (χ4v) is 7.16. The number of carbonyl (C=O) groups is 2. The van der Waals surface area contributed by atoms with Crippen LogP contribution in [0, 0.1) is 5.92 Å². The number of para-hydroxylation sites is 1. The number of nitrogens with one attached hydrogen (secondary N) is 4. The number of fused-ring (bicyclic) bond motifs is 1. The number of likely N-dealkylation sites (tertiary alicyclic amines) is 1. The van der Waals surface area contributed by atoms with E-state index in [2.05, 4.69) is 25.8 Å². The molecule has 1 aliphatic heterocycles. The lowest BCUT2D eigenvalue weighted by atomic mass is 9.86. The largest absolute Gasteiger partial charge is 0.506 e. The van der Waals surface area contributed by atoms with Crippen LogP contribution in [0.5, 0.6) is 5.75 Å². The molecule has 3 aromatic carbocycles. The SMILES string of the molecule is O=C(CCN1CCC(OC(=O)Nc2ccccc2-c2ccccc2)CC1)NC1CCC(CNCC(O)c2ccc(O)c3[nH]c(=O)ccc23)CC1. The van der Waals surface area contributed by atoms with Crippen molar-refractivity contribution in [2.75, 3.05) is 38.0 Å². The maximum atomic E-state index is 12.8. The van der Waals surface area contributed by atoms with Crippen molar-refractivity contribution in [3.05, 3.63) is 94.8 Å². The minimum Gasteiger partial charge on any atom is -0.506 e. The number of phenols is 1. The van der Waals surface area contributed by atoms with Gasteiger partial charge in [-0.1, -0.05) is 54.6 Å². The Hall–Kier alpha value is -4.71. The zero-order valence-electron chi connectivity index (χ0n) is 28.3. The number of phenolic OH excluding ortho intramolecular Hbond substituents is 1. The molecule has 11 nitrogen and oxygen atoms in total. The van der Waals surface area contributed by atoms with Gasteiger partial charge < -0.3 is 35.5 Å². The summed E-state index contributed by atoms with van der Waals surface area (Å²) in [5.74, 6) is 0.514. The summed E-state index contributed by atoms with van der Waals surface area (Å²) in [6.07, 6.45) is 4.37. The highest BCUT2D eigenvalue weighted by molar-refractivity contribution is 5.91. The van der Waals surface area contributed by atoms with Gasteiger partial charge in [0, 0.05) is 55.7 Å². The van der Waals surface area contributed by atoms with Crippen molar-refractivity contribution in [1.82, 2.24) is 20.5 Å². The van der Waals surface area contributed by atoms with Crippen LogP contribution < -0.4 is 21.5 Å². The number of carbonyl (C=O) groups excluding carboxylic acids is 2. The number of rotatable bonds is 12. The number of aromatic amines is 1. The summed E-state index contributed by atoms with van der Waals surface area (Å²) in [7, 11) is 0. The number of aliphatic hydroxyl groups is 1. The summed E-state index contributed by atoms with van der Waals surface area (Å²) >= 11 is 0. The summed E-state index contributed by atoms with van der Waals surface area (Å²) in [5.41, 5.74) is 3.35. The Balaban J connectivity index is 0.844. The average Bonchev–Trinajstić information content (AvgIpc) is 3.13. The first-order valence-corrected chi connectivity index (χ1v) is 17.7. The van der Waals surface area contributed by atoms with Crippen LogP contribution in [0.4, 0.5) is 10.5 Å². The lowest BCUT2D eigenvalue weighted by Crippen LogP contribution is -2.42. The number of aromatic hydroxyl groups is 1. The molecule has 2 amide bonds. The van der Waals surface area contributed by atoms with Gasteiger partial charge in [-0.25, -0.2) is 4.79 Å². The van der Waals surface area contributed by atoms with Gasteiger partial charge in [-0.3, -0.25) is 14.9 Å². The third-order valence-electron chi connectivity index (χ3n) is 9.96. The molecule has 1 unspecified atom stereocenters. The van der Waals surface area contributed by atoms with Crippen molar-refractivity contribution < 1.29 is 24.5 Å². The first-order chi connectivity index (χ1) is 24.3. The van der Waals surface area contributed by atoms with E-state index in [1.54, 1.807) is 12.1 Å². The van der Waals surface area contributed by atoms with Gasteiger partial charge in [0.2, 0.25) is 11.5 Å². The molecule has 1 saturated heterocycles. The number of aliphatic hydroxyl groups excluding tert-OH is 1. The summed E-state index contributed by atoms with van der Waals surface area (Å²) in [4.78, 5) is 42.1. The van der Waals surface area contributed by atoms with E-state index in [1.165, 1.54) is 12.1 Å². The molecule has 1 atom stereocenters. The normalized spacial score (nSPS) is 19.1. The molecule has 0 radical (unpaired) electrons. The second-order valence-corrected chi connectivity index (χ2v) is 13.5. The molecule has 11 heteroatoms. The highest BCUT2D eigenvalue weighted by atomic mass is 16.6.